The summed E-state index contributed by atoms with van der Waals surface area (Å²) in [5.74, 6) is -0.576. The molecule has 0 aliphatic carbocycles. The minimum absolute atomic E-state index is 0. The van der Waals surface area contributed by atoms with E-state index >= 15 is 0 Å². The fourth-order valence-corrected chi connectivity index (χ4v) is 1.59. The highest BCUT2D eigenvalue weighted by molar-refractivity contribution is 5.95. The smallest absolute Gasteiger partial charge is 0.384 e. The van der Waals surface area contributed by atoms with E-state index < -0.39 is 31.0 Å². The van der Waals surface area contributed by atoms with Crippen LogP contribution >= 0.6 is 12.4 Å². The number of nitrogen functional groups attached to an aromatic ring is 1. The second-order valence-corrected chi connectivity index (χ2v) is 4.04. The lowest BCUT2D eigenvalue weighted by Gasteiger charge is -2.12. The maximum Gasteiger partial charge on any atom is 0.393 e. The molecule has 2 nitrogen and oxygen atoms in total. The van der Waals surface area contributed by atoms with Crippen molar-refractivity contribution in [1.29, 1.82) is 5.41 Å². The number of benzene rings is 1. The predicted molar refractivity (Wildman–Crippen MR) is 64.2 cm³/mol. The van der Waals surface area contributed by atoms with Gasteiger partial charge >= 0.3 is 12.4 Å². The molecule has 0 atom stereocenters. The van der Waals surface area contributed by atoms with Crippen LogP contribution in [-0.4, -0.2) is 18.2 Å². The van der Waals surface area contributed by atoms with Crippen molar-refractivity contribution in [1.82, 2.24) is 0 Å². The molecule has 1 rings (SSSR count). The summed E-state index contributed by atoms with van der Waals surface area (Å²) in [5, 5.41) is 7.11. The van der Waals surface area contributed by atoms with Crippen molar-refractivity contribution in [3.05, 3.63) is 34.9 Å². The van der Waals surface area contributed by atoms with Crippen LogP contribution in [0.15, 0.2) is 18.2 Å². The van der Waals surface area contributed by atoms with E-state index in [4.69, 9.17) is 11.1 Å². The molecule has 9 heteroatoms. The average molecular weight is 321 g/mol. The average Bonchev–Trinajstić information content (AvgIpc) is 2.10. The Labute approximate surface area is 116 Å². The zero-order chi connectivity index (χ0) is 14.8. The number of nitrogens with one attached hydrogen (secondary N) is 1. The van der Waals surface area contributed by atoms with Crippen LogP contribution in [0.2, 0.25) is 0 Å². The van der Waals surface area contributed by atoms with E-state index in [9.17, 15) is 26.3 Å². The van der Waals surface area contributed by atoms with Crippen molar-refractivity contribution >= 4 is 18.2 Å². The first kappa shape index (κ1) is 18.6. The summed E-state index contributed by atoms with van der Waals surface area (Å²) in [6, 6.07) is 2.76. The fraction of sp³-hybridized carbons (Fsp3) is 0.364. The molecule has 20 heavy (non-hydrogen) atoms. The zero-order valence-corrected chi connectivity index (χ0v) is 10.7. The summed E-state index contributed by atoms with van der Waals surface area (Å²) in [6.07, 6.45) is -11.8. The van der Waals surface area contributed by atoms with Crippen LogP contribution in [0.5, 0.6) is 0 Å². The van der Waals surface area contributed by atoms with E-state index in [1.54, 1.807) is 0 Å². The lowest BCUT2D eigenvalue weighted by molar-refractivity contribution is -0.127. The van der Waals surface area contributed by atoms with Gasteiger partial charge in [-0.2, -0.15) is 26.3 Å². The SMILES string of the molecule is Cl.N=C(N)c1cc(CC(F)(F)F)cc(CC(F)(F)F)c1. The standard InChI is InChI=1S/C11H10F6N2.ClH/c12-10(13,14)4-6-1-7(5-11(15,16)17)3-8(2-6)9(18)19;/h1-3H,4-5H2,(H3,18,19);1H. The molecule has 114 valence electrons. The third kappa shape index (κ3) is 6.65. The number of rotatable bonds is 3. The molecule has 0 aliphatic rings. The Kier molecular flexibility index (Phi) is 5.88. The molecular formula is C11H11ClF6N2. The van der Waals surface area contributed by atoms with Crippen LogP contribution in [0, 0.1) is 5.41 Å². The van der Waals surface area contributed by atoms with Crippen molar-refractivity contribution in [2.75, 3.05) is 0 Å². The minimum Gasteiger partial charge on any atom is -0.384 e. The Morgan fingerprint density at radius 1 is 0.900 bits per heavy atom. The highest BCUT2D eigenvalue weighted by Gasteiger charge is 2.30. The second-order valence-electron chi connectivity index (χ2n) is 4.04. The molecule has 0 aliphatic heterocycles. The summed E-state index contributed by atoms with van der Waals surface area (Å²) < 4.78 is 73.4. The van der Waals surface area contributed by atoms with Gasteiger partial charge in [-0.05, 0) is 23.3 Å². The van der Waals surface area contributed by atoms with Gasteiger partial charge in [-0.3, -0.25) is 5.41 Å². The highest BCUT2D eigenvalue weighted by Crippen LogP contribution is 2.26. The normalized spacial score (nSPS) is 11.9. The summed E-state index contributed by atoms with van der Waals surface area (Å²) in [5.41, 5.74) is 4.25. The molecule has 1 aromatic carbocycles. The topological polar surface area (TPSA) is 49.9 Å². The van der Waals surface area contributed by atoms with E-state index in [0.717, 1.165) is 18.2 Å². The maximum atomic E-state index is 12.2. The Balaban J connectivity index is 0.00000361. The van der Waals surface area contributed by atoms with Crippen molar-refractivity contribution in [3.8, 4) is 0 Å². The number of nitrogens with two attached hydrogens (primary N) is 1. The van der Waals surface area contributed by atoms with Gasteiger partial charge in [0.2, 0.25) is 0 Å². The maximum absolute atomic E-state index is 12.2. The first-order chi connectivity index (χ1) is 8.46. The first-order valence-electron chi connectivity index (χ1n) is 5.07. The molecule has 0 saturated heterocycles. The Morgan fingerprint density at radius 3 is 1.50 bits per heavy atom. The van der Waals surface area contributed by atoms with E-state index in [2.05, 4.69) is 0 Å². The van der Waals surface area contributed by atoms with Crippen LogP contribution in [0.1, 0.15) is 16.7 Å². The largest absolute Gasteiger partial charge is 0.393 e. The van der Waals surface area contributed by atoms with E-state index in [-0.39, 0.29) is 29.1 Å². The Hall–Kier alpha value is -1.44. The molecule has 0 amide bonds. The minimum atomic E-state index is -4.54. The van der Waals surface area contributed by atoms with Gasteiger partial charge in [-0.25, -0.2) is 0 Å². The lowest BCUT2D eigenvalue weighted by atomic mass is 10.0. The molecule has 0 fully saturated rings. The van der Waals surface area contributed by atoms with Crippen molar-refractivity contribution in [3.63, 3.8) is 0 Å². The molecule has 0 radical (unpaired) electrons. The van der Waals surface area contributed by atoms with Gasteiger partial charge in [0.1, 0.15) is 5.84 Å². The van der Waals surface area contributed by atoms with E-state index in [1.165, 1.54) is 0 Å². The van der Waals surface area contributed by atoms with Gasteiger partial charge in [0, 0.05) is 5.56 Å². The van der Waals surface area contributed by atoms with Gasteiger partial charge in [-0.1, -0.05) is 6.07 Å². The second kappa shape index (κ2) is 6.34. The Morgan fingerprint density at radius 2 is 1.25 bits per heavy atom. The van der Waals surface area contributed by atoms with Crippen molar-refractivity contribution in [2.45, 2.75) is 25.2 Å². The predicted octanol–water partition coefficient (Wildman–Crippen LogP) is 3.60. The summed E-state index contributed by atoms with van der Waals surface area (Å²) >= 11 is 0. The Bertz CT molecular complexity index is 447. The molecular weight excluding hydrogens is 310 g/mol. The highest BCUT2D eigenvalue weighted by atomic mass is 35.5. The molecule has 0 aromatic heterocycles. The van der Waals surface area contributed by atoms with Crippen molar-refractivity contribution < 1.29 is 26.3 Å². The molecule has 0 heterocycles. The first-order valence-corrected chi connectivity index (χ1v) is 5.07. The fourth-order valence-electron chi connectivity index (χ4n) is 1.59. The number of alkyl halides is 6. The zero-order valence-electron chi connectivity index (χ0n) is 9.90. The van der Waals surface area contributed by atoms with Crippen LogP contribution in [0.25, 0.3) is 0 Å². The van der Waals surface area contributed by atoms with Crippen molar-refractivity contribution in [2.24, 2.45) is 5.73 Å². The van der Waals surface area contributed by atoms with Gasteiger partial charge < -0.3 is 5.73 Å². The van der Waals surface area contributed by atoms with Gasteiger partial charge in [0.25, 0.3) is 0 Å². The summed E-state index contributed by atoms with van der Waals surface area (Å²) in [6.45, 7) is 0. The number of hydrogen-bond acceptors (Lipinski definition) is 1. The summed E-state index contributed by atoms with van der Waals surface area (Å²) in [4.78, 5) is 0. The van der Waals surface area contributed by atoms with E-state index in [1.807, 2.05) is 0 Å². The van der Waals surface area contributed by atoms with Gasteiger partial charge in [0.05, 0.1) is 12.8 Å². The quantitative estimate of drug-likeness (QED) is 0.499. The third-order valence-electron chi connectivity index (χ3n) is 2.17. The lowest BCUT2D eigenvalue weighted by Crippen LogP contribution is -2.17. The molecule has 0 bridgehead atoms. The van der Waals surface area contributed by atoms with E-state index in [0.29, 0.717) is 0 Å². The molecule has 0 spiro atoms. The summed E-state index contributed by atoms with van der Waals surface area (Å²) in [7, 11) is 0. The monoisotopic (exact) mass is 320 g/mol. The van der Waals surface area contributed by atoms with Crippen LogP contribution in [0.3, 0.4) is 0 Å². The van der Waals surface area contributed by atoms with Gasteiger partial charge in [0.15, 0.2) is 0 Å². The van der Waals surface area contributed by atoms with Gasteiger partial charge in [-0.15, -0.1) is 12.4 Å². The number of halogens is 7. The van der Waals surface area contributed by atoms with Crippen LogP contribution < -0.4 is 5.73 Å². The molecule has 1 aromatic rings. The third-order valence-corrected chi connectivity index (χ3v) is 2.17. The molecule has 0 saturated carbocycles. The number of hydrogen-bond donors (Lipinski definition) is 2. The number of amidine groups is 1. The van der Waals surface area contributed by atoms with Crippen LogP contribution in [-0.2, 0) is 12.8 Å². The molecule has 3 N–H and O–H groups in total. The van der Waals surface area contributed by atoms with Crippen LogP contribution in [0.4, 0.5) is 26.3 Å². The molecule has 0 unspecified atom stereocenters.